The maximum absolute atomic E-state index is 6.58. The quantitative estimate of drug-likeness (QED) is 0.815. The van der Waals surface area contributed by atoms with Crippen molar-refractivity contribution in [3.05, 3.63) is 42.2 Å². The van der Waals surface area contributed by atoms with E-state index in [2.05, 4.69) is 29.2 Å². The van der Waals surface area contributed by atoms with E-state index in [-0.39, 0.29) is 6.04 Å². The number of pyridine rings is 1. The highest BCUT2D eigenvalue weighted by Crippen LogP contribution is 2.34. The highest BCUT2D eigenvalue weighted by Gasteiger charge is 2.22. The Morgan fingerprint density at radius 2 is 1.84 bits per heavy atom. The minimum Gasteiger partial charge on any atom is -0.324 e. The molecule has 0 saturated heterocycles. The Morgan fingerprint density at radius 3 is 2.63 bits per heavy atom. The molecule has 1 saturated carbocycles. The highest BCUT2D eigenvalue weighted by molar-refractivity contribution is 5.85. The van der Waals surface area contributed by atoms with Gasteiger partial charge in [0.05, 0.1) is 0 Å². The van der Waals surface area contributed by atoms with Crippen LogP contribution in [0.25, 0.3) is 10.8 Å². The van der Waals surface area contributed by atoms with Crippen LogP contribution in [0, 0.1) is 5.92 Å². The molecule has 1 aliphatic carbocycles. The van der Waals surface area contributed by atoms with Crippen molar-refractivity contribution in [2.45, 2.75) is 44.6 Å². The van der Waals surface area contributed by atoms with Crippen LogP contribution < -0.4 is 5.73 Å². The minimum atomic E-state index is 0.158. The molecule has 0 radical (unpaired) electrons. The van der Waals surface area contributed by atoms with Crippen molar-refractivity contribution in [2.24, 2.45) is 11.7 Å². The van der Waals surface area contributed by atoms with Gasteiger partial charge in [-0.15, -0.1) is 0 Å². The van der Waals surface area contributed by atoms with Crippen molar-refractivity contribution in [1.82, 2.24) is 4.98 Å². The summed E-state index contributed by atoms with van der Waals surface area (Å²) in [6.07, 6.45) is 11.8. The Morgan fingerprint density at radius 1 is 1.05 bits per heavy atom. The molecular weight excluding hydrogens is 232 g/mol. The van der Waals surface area contributed by atoms with Gasteiger partial charge in [0.15, 0.2) is 0 Å². The van der Waals surface area contributed by atoms with Gasteiger partial charge < -0.3 is 5.73 Å². The molecule has 1 fully saturated rings. The molecule has 1 aromatic carbocycles. The Bertz CT molecular complexity index is 536. The van der Waals surface area contributed by atoms with Crippen molar-refractivity contribution >= 4 is 10.8 Å². The molecular formula is C17H22N2. The van der Waals surface area contributed by atoms with Gasteiger partial charge in [-0.3, -0.25) is 4.98 Å². The zero-order valence-electron chi connectivity index (χ0n) is 11.4. The molecule has 1 aliphatic rings. The lowest BCUT2D eigenvalue weighted by Gasteiger charge is -2.23. The van der Waals surface area contributed by atoms with E-state index in [1.807, 2.05) is 12.4 Å². The Labute approximate surface area is 115 Å². The molecule has 2 nitrogen and oxygen atoms in total. The molecule has 1 heterocycles. The van der Waals surface area contributed by atoms with Gasteiger partial charge in [0.1, 0.15) is 0 Å². The molecule has 0 aliphatic heterocycles. The fraction of sp³-hybridized carbons (Fsp3) is 0.471. The first-order valence-electron chi connectivity index (χ1n) is 7.44. The SMILES string of the molecule is NC(c1cccc2ccncc12)C1CCCCCC1. The van der Waals surface area contributed by atoms with Crippen LogP contribution in [0.5, 0.6) is 0 Å². The number of hydrogen-bond acceptors (Lipinski definition) is 2. The first-order chi connectivity index (χ1) is 9.36. The molecule has 19 heavy (non-hydrogen) atoms. The van der Waals surface area contributed by atoms with Crippen molar-refractivity contribution in [2.75, 3.05) is 0 Å². The fourth-order valence-corrected chi connectivity index (χ4v) is 3.35. The van der Waals surface area contributed by atoms with Crippen LogP contribution in [0.4, 0.5) is 0 Å². The third kappa shape index (κ3) is 2.64. The lowest BCUT2D eigenvalue weighted by atomic mass is 9.86. The van der Waals surface area contributed by atoms with E-state index in [4.69, 9.17) is 5.73 Å². The van der Waals surface area contributed by atoms with Gasteiger partial charge in [-0.2, -0.15) is 0 Å². The van der Waals surface area contributed by atoms with Gasteiger partial charge in [0, 0.05) is 23.8 Å². The zero-order chi connectivity index (χ0) is 13.1. The number of nitrogens with zero attached hydrogens (tertiary/aromatic N) is 1. The Kier molecular flexibility index (Phi) is 3.79. The normalized spacial score (nSPS) is 19.2. The molecule has 1 aromatic heterocycles. The minimum absolute atomic E-state index is 0.158. The lowest BCUT2D eigenvalue weighted by Crippen LogP contribution is -2.21. The summed E-state index contributed by atoms with van der Waals surface area (Å²) in [5, 5.41) is 2.47. The third-order valence-corrected chi connectivity index (χ3v) is 4.48. The molecule has 2 N–H and O–H groups in total. The van der Waals surface area contributed by atoms with Gasteiger partial charge in [0.2, 0.25) is 0 Å². The van der Waals surface area contributed by atoms with E-state index in [1.165, 1.54) is 54.9 Å². The van der Waals surface area contributed by atoms with E-state index >= 15 is 0 Å². The van der Waals surface area contributed by atoms with Crippen LogP contribution in [0.2, 0.25) is 0 Å². The average Bonchev–Trinajstić information content (AvgIpc) is 2.75. The second-order valence-electron chi connectivity index (χ2n) is 5.72. The molecule has 3 rings (SSSR count). The first-order valence-corrected chi connectivity index (χ1v) is 7.44. The standard InChI is InChI=1S/C17H22N2/c18-17(14-6-3-1-2-4-7-14)15-9-5-8-13-10-11-19-12-16(13)15/h5,8-12,14,17H,1-4,6-7,18H2. The van der Waals surface area contributed by atoms with Gasteiger partial charge in [-0.1, -0.05) is 43.9 Å². The molecule has 2 heteroatoms. The topological polar surface area (TPSA) is 38.9 Å². The van der Waals surface area contributed by atoms with E-state index in [0.717, 1.165) is 0 Å². The van der Waals surface area contributed by atoms with E-state index in [0.29, 0.717) is 5.92 Å². The average molecular weight is 254 g/mol. The maximum Gasteiger partial charge on any atom is 0.0349 e. The molecule has 2 aromatic rings. The van der Waals surface area contributed by atoms with Gasteiger partial charge in [-0.05, 0) is 35.8 Å². The Balaban J connectivity index is 1.94. The largest absolute Gasteiger partial charge is 0.324 e. The highest BCUT2D eigenvalue weighted by atomic mass is 14.7. The second kappa shape index (κ2) is 5.70. The molecule has 0 spiro atoms. The summed E-state index contributed by atoms with van der Waals surface area (Å²) < 4.78 is 0. The summed E-state index contributed by atoms with van der Waals surface area (Å²) in [6.45, 7) is 0. The number of aromatic nitrogens is 1. The van der Waals surface area contributed by atoms with Crippen LogP contribution in [-0.2, 0) is 0 Å². The zero-order valence-corrected chi connectivity index (χ0v) is 11.4. The third-order valence-electron chi connectivity index (χ3n) is 4.48. The summed E-state index contributed by atoms with van der Waals surface area (Å²) in [6, 6.07) is 8.67. The van der Waals surface area contributed by atoms with Crippen LogP contribution in [-0.4, -0.2) is 4.98 Å². The fourth-order valence-electron chi connectivity index (χ4n) is 3.35. The number of hydrogen-bond donors (Lipinski definition) is 1. The summed E-state index contributed by atoms with van der Waals surface area (Å²) in [5.41, 5.74) is 7.85. The summed E-state index contributed by atoms with van der Waals surface area (Å²) in [5.74, 6) is 0.633. The number of benzene rings is 1. The van der Waals surface area contributed by atoms with Crippen molar-refractivity contribution in [1.29, 1.82) is 0 Å². The molecule has 1 atom stereocenters. The number of rotatable bonds is 2. The molecule has 0 amide bonds. The maximum atomic E-state index is 6.58. The number of nitrogens with two attached hydrogens (primary N) is 1. The number of fused-ring (bicyclic) bond motifs is 1. The van der Waals surface area contributed by atoms with E-state index in [1.54, 1.807) is 0 Å². The molecule has 100 valence electrons. The Hall–Kier alpha value is -1.41. The van der Waals surface area contributed by atoms with Gasteiger partial charge >= 0.3 is 0 Å². The van der Waals surface area contributed by atoms with Crippen LogP contribution in [0.1, 0.15) is 50.1 Å². The summed E-state index contributed by atoms with van der Waals surface area (Å²) in [7, 11) is 0. The van der Waals surface area contributed by atoms with Gasteiger partial charge in [-0.25, -0.2) is 0 Å². The van der Waals surface area contributed by atoms with Crippen molar-refractivity contribution in [3.8, 4) is 0 Å². The summed E-state index contributed by atoms with van der Waals surface area (Å²) in [4.78, 5) is 4.26. The predicted molar refractivity (Wildman–Crippen MR) is 79.9 cm³/mol. The van der Waals surface area contributed by atoms with Crippen LogP contribution in [0.15, 0.2) is 36.7 Å². The van der Waals surface area contributed by atoms with Crippen LogP contribution in [0.3, 0.4) is 0 Å². The molecule has 1 unspecified atom stereocenters. The smallest absolute Gasteiger partial charge is 0.0349 e. The molecule has 0 bridgehead atoms. The second-order valence-corrected chi connectivity index (χ2v) is 5.72. The lowest BCUT2D eigenvalue weighted by molar-refractivity contribution is 0.384. The van der Waals surface area contributed by atoms with Gasteiger partial charge in [0.25, 0.3) is 0 Å². The van der Waals surface area contributed by atoms with E-state index in [9.17, 15) is 0 Å². The van der Waals surface area contributed by atoms with Crippen molar-refractivity contribution < 1.29 is 0 Å². The first kappa shape index (κ1) is 12.6. The summed E-state index contributed by atoms with van der Waals surface area (Å²) >= 11 is 0. The van der Waals surface area contributed by atoms with E-state index < -0.39 is 0 Å². The van der Waals surface area contributed by atoms with Crippen LogP contribution >= 0.6 is 0 Å². The van der Waals surface area contributed by atoms with Crippen molar-refractivity contribution in [3.63, 3.8) is 0 Å². The monoisotopic (exact) mass is 254 g/mol. The predicted octanol–water partition coefficient (Wildman–Crippen LogP) is 4.21.